The van der Waals surface area contributed by atoms with E-state index in [0.717, 1.165) is 19.3 Å². The number of halogens is 1. The molecule has 0 bridgehead atoms. The van der Waals surface area contributed by atoms with Crippen LogP contribution in [0.3, 0.4) is 0 Å². The van der Waals surface area contributed by atoms with Crippen molar-refractivity contribution in [1.82, 2.24) is 10.3 Å². The van der Waals surface area contributed by atoms with Crippen molar-refractivity contribution in [3.05, 3.63) is 52.1 Å². The van der Waals surface area contributed by atoms with Crippen molar-refractivity contribution >= 4 is 34.9 Å². The summed E-state index contributed by atoms with van der Waals surface area (Å²) < 4.78 is 13.7. The van der Waals surface area contributed by atoms with Crippen LogP contribution in [0.15, 0.2) is 18.2 Å². The highest BCUT2D eigenvalue weighted by Gasteiger charge is 2.35. The molecule has 4 rings (SSSR count). The molecule has 7 nitrogen and oxygen atoms in total. The number of Topliss-reactive ketones (excluding diaryl/α,β-unsaturated/α-hetero) is 1. The Morgan fingerprint density at radius 1 is 1.24 bits per heavy atom. The molecule has 0 saturated heterocycles. The van der Waals surface area contributed by atoms with Crippen LogP contribution in [-0.4, -0.2) is 40.3 Å². The van der Waals surface area contributed by atoms with E-state index < -0.39 is 11.9 Å². The summed E-state index contributed by atoms with van der Waals surface area (Å²) >= 11 is 0. The molecule has 8 heteroatoms. The van der Waals surface area contributed by atoms with E-state index in [1.165, 1.54) is 18.2 Å². The summed E-state index contributed by atoms with van der Waals surface area (Å²) in [5.41, 5.74) is 3.63. The van der Waals surface area contributed by atoms with Gasteiger partial charge in [-0.2, -0.15) is 0 Å². The Morgan fingerprint density at radius 2 is 2.03 bits per heavy atom. The SMILES string of the molecule is Cc1[nH]c(/C=C2\C(=O)Nc3ccc(F)cc32)c(C)c1C(=O)N[C@H]1CCC(CCCCO)C1=O. The van der Waals surface area contributed by atoms with E-state index in [-0.39, 0.29) is 30.1 Å². The first-order chi connectivity index (χ1) is 15.8. The summed E-state index contributed by atoms with van der Waals surface area (Å²) in [5.74, 6) is -1.13. The van der Waals surface area contributed by atoms with E-state index >= 15 is 0 Å². The second kappa shape index (κ2) is 9.31. The first kappa shape index (κ1) is 22.9. The molecule has 4 N–H and O–H groups in total. The Labute approximate surface area is 191 Å². The van der Waals surface area contributed by atoms with Gasteiger partial charge < -0.3 is 20.7 Å². The lowest BCUT2D eigenvalue weighted by Gasteiger charge is -2.13. The number of carbonyl (C=O) groups excluding carboxylic acids is 3. The van der Waals surface area contributed by atoms with Crippen molar-refractivity contribution in [2.75, 3.05) is 11.9 Å². The van der Waals surface area contributed by atoms with Gasteiger partial charge in [0, 0.05) is 35.2 Å². The average Bonchev–Trinajstić information content (AvgIpc) is 3.37. The zero-order valence-corrected chi connectivity index (χ0v) is 18.8. The van der Waals surface area contributed by atoms with Gasteiger partial charge in [-0.3, -0.25) is 14.4 Å². The molecule has 1 fully saturated rings. The number of unbranched alkanes of at least 4 members (excludes halogenated alkanes) is 1. The predicted octanol–water partition coefficient (Wildman–Crippen LogP) is 3.50. The van der Waals surface area contributed by atoms with Crippen LogP contribution in [0.4, 0.5) is 10.1 Å². The zero-order valence-electron chi connectivity index (χ0n) is 18.8. The van der Waals surface area contributed by atoms with Crippen LogP contribution in [-0.2, 0) is 9.59 Å². The molecule has 1 saturated carbocycles. The molecule has 1 unspecified atom stereocenters. The van der Waals surface area contributed by atoms with E-state index in [1.807, 2.05) is 0 Å². The lowest BCUT2D eigenvalue weighted by molar-refractivity contribution is -0.122. The van der Waals surface area contributed by atoms with E-state index in [2.05, 4.69) is 15.6 Å². The minimum atomic E-state index is -0.511. The fourth-order valence-electron chi connectivity index (χ4n) is 4.81. The van der Waals surface area contributed by atoms with Gasteiger partial charge in [0.05, 0.1) is 17.2 Å². The van der Waals surface area contributed by atoms with Crippen LogP contribution < -0.4 is 10.6 Å². The molecule has 2 aliphatic rings. The lowest BCUT2D eigenvalue weighted by Crippen LogP contribution is -2.39. The average molecular weight is 454 g/mol. The summed E-state index contributed by atoms with van der Waals surface area (Å²) in [7, 11) is 0. The minimum absolute atomic E-state index is 0.0516. The number of carbonyl (C=O) groups is 3. The van der Waals surface area contributed by atoms with Gasteiger partial charge in [0.1, 0.15) is 5.82 Å². The van der Waals surface area contributed by atoms with Crippen LogP contribution in [0.25, 0.3) is 11.6 Å². The van der Waals surface area contributed by atoms with Crippen molar-refractivity contribution in [1.29, 1.82) is 0 Å². The highest BCUT2D eigenvalue weighted by atomic mass is 19.1. The molecule has 1 aromatic heterocycles. The molecule has 174 valence electrons. The molecule has 2 aromatic rings. The quantitative estimate of drug-likeness (QED) is 0.380. The van der Waals surface area contributed by atoms with Crippen molar-refractivity contribution in [3.63, 3.8) is 0 Å². The van der Waals surface area contributed by atoms with Crippen molar-refractivity contribution < 1.29 is 23.9 Å². The minimum Gasteiger partial charge on any atom is -0.396 e. The van der Waals surface area contributed by atoms with Gasteiger partial charge in [0.2, 0.25) is 0 Å². The molecule has 1 aliphatic carbocycles. The largest absolute Gasteiger partial charge is 0.396 e. The molecule has 2 atom stereocenters. The maximum absolute atomic E-state index is 13.7. The Bertz CT molecular complexity index is 1150. The van der Waals surface area contributed by atoms with E-state index in [4.69, 9.17) is 5.11 Å². The molecular weight excluding hydrogens is 425 g/mol. The fraction of sp³-hybridized carbons (Fsp3) is 0.400. The van der Waals surface area contributed by atoms with Crippen LogP contribution in [0.5, 0.6) is 0 Å². The number of anilines is 1. The molecule has 0 spiro atoms. The third-order valence-corrected chi connectivity index (χ3v) is 6.57. The monoisotopic (exact) mass is 453 g/mol. The van der Waals surface area contributed by atoms with Crippen molar-refractivity contribution in [3.8, 4) is 0 Å². The normalized spacial score (nSPS) is 20.9. The van der Waals surface area contributed by atoms with Crippen LogP contribution in [0, 0.1) is 25.6 Å². The number of H-pyrrole nitrogens is 1. The third kappa shape index (κ3) is 4.48. The summed E-state index contributed by atoms with van der Waals surface area (Å²) in [5, 5.41) is 14.5. The summed E-state index contributed by atoms with van der Waals surface area (Å²) in [6.45, 7) is 3.66. The van der Waals surface area contributed by atoms with Gasteiger partial charge in [0.25, 0.3) is 11.8 Å². The number of benzene rings is 1. The predicted molar refractivity (Wildman–Crippen MR) is 123 cm³/mol. The number of ketones is 1. The number of aromatic nitrogens is 1. The maximum atomic E-state index is 13.7. The van der Waals surface area contributed by atoms with E-state index in [1.54, 1.807) is 19.9 Å². The first-order valence-electron chi connectivity index (χ1n) is 11.3. The Hall–Kier alpha value is -3.26. The number of aromatic amines is 1. The molecule has 1 aliphatic heterocycles. The van der Waals surface area contributed by atoms with E-state index in [9.17, 15) is 18.8 Å². The molecular formula is C25H28FN3O4. The topological polar surface area (TPSA) is 111 Å². The number of nitrogens with one attached hydrogen (secondary N) is 3. The highest BCUT2D eigenvalue weighted by Crippen LogP contribution is 2.34. The molecule has 1 aromatic carbocycles. The smallest absolute Gasteiger partial charge is 0.256 e. The Kier molecular flexibility index (Phi) is 6.47. The van der Waals surface area contributed by atoms with Crippen molar-refractivity contribution in [2.45, 2.75) is 52.0 Å². The van der Waals surface area contributed by atoms with Gasteiger partial charge in [-0.05, 0) is 69.4 Å². The molecule has 2 amide bonds. The second-order valence-corrected chi connectivity index (χ2v) is 8.79. The fourth-order valence-corrected chi connectivity index (χ4v) is 4.81. The number of fused-ring (bicyclic) bond motifs is 1. The number of rotatable bonds is 7. The standard InChI is InChI=1S/C25H28FN3O4/c1-13-21(12-18-17-11-16(26)7-9-19(17)28-24(18)32)27-14(2)22(13)25(33)29-20-8-6-15(23(20)31)5-3-4-10-30/h7,9,11-12,15,20,27,30H,3-6,8,10H2,1-2H3,(H,28,32)(H,29,33)/b18-12-/t15?,20-/m0/s1. The lowest BCUT2D eigenvalue weighted by atomic mass is 9.99. The first-order valence-corrected chi connectivity index (χ1v) is 11.3. The third-order valence-electron chi connectivity index (χ3n) is 6.57. The van der Waals surface area contributed by atoms with Gasteiger partial charge >= 0.3 is 0 Å². The van der Waals surface area contributed by atoms with Gasteiger partial charge in [-0.1, -0.05) is 6.42 Å². The Balaban J connectivity index is 1.53. The summed E-state index contributed by atoms with van der Waals surface area (Å²) in [6.07, 6.45) is 5.17. The molecule has 2 heterocycles. The van der Waals surface area contributed by atoms with Crippen molar-refractivity contribution in [2.24, 2.45) is 5.92 Å². The molecule has 0 radical (unpaired) electrons. The maximum Gasteiger partial charge on any atom is 0.256 e. The number of aliphatic hydroxyl groups excluding tert-OH is 1. The van der Waals surface area contributed by atoms with Gasteiger partial charge in [0.15, 0.2) is 5.78 Å². The van der Waals surface area contributed by atoms with Crippen LogP contribution in [0.2, 0.25) is 0 Å². The summed E-state index contributed by atoms with van der Waals surface area (Å²) in [6, 6.07) is 3.60. The molecule has 33 heavy (non-hydrogen) atoms. The van der Waals surface area contributed by atoms with Crippen LogP contribution >= 0.6 is 0 Å². The number of hydrogen-bond acceptors (Lipinski definition) is 4. The number of amides is 2. The van der Waals surface area contributed by atoms with E-state index in [0.29, 0.717) is 52.2 Å². The van der Waals surface area contributed by atoms with Gasteiger partial charge in [-0.25, -0.2) is 4.39 Å². The van der Waals surface area contributed by atoms with Gasteiger partial charge in [-0.15, -0.1) is 0 Å². The second-order valence-electron chi connectivity index (χ2n) is 8.79. The number of aryl methyl sites for hydroxylation is 1. The number of hydrogen-bond donors (Lipinski definition) is 4. The number of aliphatic hydroxyl groups is 1. The Morgan fingerprint density at radius 3 is 2.79 bits per heavy atom. The zero-order chi connectivity index (χ0) is 23.7. The summed E-state index contributed by atoms with van der Waals surface area (Å²) in [4.78, 5) is 41.3. The highest BCUT2D eigenvalue weighted by molar-refractivity contribution is 6.34. The van der Waals surface area contributed by atoms with Crippen LogP contribution in [0.1, 0.15) is 65.0 Å².